The normalized spacial score (nSPS) is 18.2. The molecule has 76 valence electrons. The summed E-state index contributed by atoms with van der Waals surface area (Å²) < 4.78 is 12.9. The van der Waals surface area contributed by atoms with Crippen LogP contribution >= 0.6 is 11.6 Å². The standard InChI is InChI=1S/C11H13ClFN/c12-9-6-8(3-4-10(9)13)11(14)5-7-1-2-7/h3-4,6-7,11H,1-2,5,14H2. The second kappa shape index (κ2) is 3.87. The van der Waals surface area contributed by atoms with Crippen molar-refractivity contribution < 1.29 is 4.39 Å². The Hall–Kier alpha value is -0.600. The Kier molecular flexibility index (Phi) is 2.75. The molecule has 1 unspecified atom stereocenters. The molecule has 1 aromatic carbocycles. The van der Waals surface area contributed by atoms with Crippen molar-refractivity contribution in [3.63, 3.8) is 0 Å². The molecule has 1 aliphatic rings. The third kappa shape index (κ3) is 2.25. The lowest BCUT2D eigenvalue weighted by Crippen LogP contribution is -2.10. The Morgan fingerprint density at radius 2 is 2.21 bits per heavy atom. The van der Waals surface area contributed by atoms with E-state index in [1.807, 2.05) is 0 Å². The lowest BCUT2D eigenvalue weighted by atomic mass is 10.0. The van der Waals surface area contributed by atoms with E-state index in [1.54, 1.807) is 12.1 Å². The second-order valence-corrected chi connectivity index (χ2v) is 4.37. The van der Waals surface area contributed by atoms with Gasteiger partial charge < -0.3 is 5.73 Å². The predicted octanol–water partition coefficient (Wildman–Crippen LogP) is 3.28. The van der Waals surface area contributed by atoms with Gasteiger partial charge in [-0.2, -0.15) is 0 Å². The second-order valence-electron chi connectivity index (χ2n) is 3.96. The lowest BCUT2D eigenvalue weighted by molar-refractivity contribution is 0.591. The first-order valence-electron chi connectivity index (χ1n) is 4.87. The molecule has 1 aliphatic carbocycles. The van der Waals surface area contributed by atoms with Crippen LogP contribution in [0.1, 0.15) is 30.9 Å². The molecule has 2 rings (SSSR count). The van der Waals surface area contributed by atoms with E-state index in [4.69, 9.17) is 17.3 Å². The van der Waals surface area contributed by atoms with Gasteiger partial charge in [0.1, 0.15) is 5.82 Å². The van der Waals surface area contributed by atoms with Crippen molar-refractivity contribution in [1.29, 1.82) is 0 Å². The van der Waals surface area contributed by atoms with Crippen LogP contribution in [0.4, 0.5) is 4.39 Å². The molecule has 0 heterocycles. The molecule has 1 fully saturated rings. The molecule has 1 saturated carbocycles. The maximum atomic E-state index is 12.9. The molecule has 3 heteroatoms. The van der Waals surface area contributed by atoms with Crippen LogP contribution < -0.4 is 5.73 Å². The van der Waals surface area contributed by atoms with Crippen LogP contribution in [0, 0.1) is 11.7 Å². The molecule has 0 saturated heterocycles. The molecule has 1 aromatic rings. The number of hydrogen-bond acceptors (Lipinski definition) is 1. The maximum absolute atomic E-state index is 12.9. The Bertz CT molecular complexity index is 336. The minimum absolute atomic E-state index is 0.000556. The highest BCUT2D eigenvalue weighted by Crippen LogP contribution is 2.37. The number of halogens is 2. The average Bonchev–Trinajstić information content (AvgIpc) is 2.93. The molecular formula is C11H13ClFN. The molecule has 0 spiro atoms. The topological polar surface area (TPSA) is 26.0 Å². The van der Waals surface area contributed by atoms with Crippen LogP contribution in [0.5, 0.6) is 0 Å². The van der Waals surface area contributed by atoms with Gasteiger partial charge in [-0.15, -0.1) is 0 Å². The van der Waals surface area contributed by atoms with Gasteiger partial charge in [-0.05, 0) is 30.0 Å². The van der Waals surface area contributed by atoms with Gasteiger partial charge in [-0.3, -0.25) is 0 Å². The van der Waals surface area contributed by atoms with Gasteiger partial charge in [0.25, 0.3) is 0 Å². The maximum Gasteiger partial charge on any atom is 0.141 e. The van der Waals surface area contributed by atoms with Crippen molar-refractivity contribution in [2.24, 2.45) is 11.7 Å². The molecule has 1 atom stereocenters. The first kappa shape index (κ1) is 9.94. The fraction of sp³-hybridized carbons (Fsp3) is 0.455. The summed E-state index contributed by atoms with van der Waals surface area (Å²) in [5, 5.41) is 0.161. The van der Waals surface area contributed by atoms with E-state index < -0.39 is 0 Å². The zero-order chi connectivity index (χ0) is 10.1. The summed E-state index contributed by atoms with van der Waals surface area (Å²) in [6, 6.07) is 4.73. The average molecular weight is 214 g/mol. The van der Waals surface area contributed by atoms with Gasteiger partial charge in [0.15, 0.2) is 0 Å². The predicted molar refractivity (Wildman–Crippen MR) is 55.7 cm³/mol. The van der Waals surface area contributed by atoms with Gasteiger partial charge in [0, 0.05) is 6.04 Å². The number of benzene rings is 1. The smallest absolute Gasteiger partial charge is 0.141 e. The monoisotopic (exact) mass is 213 g/mol. The van der Waals surface area contributed by atoms with E-state index in [9.17, 15) is 4.39 Å². The largest absolute Gasteiger partial charge is 0.324 e. The summed E-state index contributed by atoms with van der Waals surface area (Å²) in [6.45, 7) is 0. The minimum Gasteiger partial charge on any atom is -0.324 e. The highest BCUT2D eigenvalue weighted by atomic mass is 35.5. The Labute approximate surface area is 88.1 Å². The van der Waals surface area contributed by atoms with E-state index in [1.165, 1.54) is 18.9 Å². The van der Waals surface area contributed by atoms with Gasteiger partial charge in [-0.25, -0.2) is 4.39 Å². The molecule has 14 heavy (non-hydrogen) atoms. The van der Waals surface area contributed by atoms with E-state index in [0.717, 1.165) is 17.9 Å². The number of rotatable bonds is 3. The van der Waals surface area contributed by atoms with Crippen molar-refractivity contribution in [1.82, 2.24) is 0 Å². The van der Waals surface area contributed by atoms with E-state index in [0.29, 0.717) is 0 Å². The zero-order valence-electron chi connectivity index (χ0n) is 7.84. The van der Waals surface area contributed by atoms with E-state index >= 15 is 0 Å². The van der Waals surface area contributed by atoms with Crippen molar-refractivity contribution in [2.45, 2.75) is 25.3 Å². The fourth-order valence-electron chi connectivity index (χ4n) is 1.59. The first-order chi connectivity index (χ1) is 6.66. The quantitative estimate of drug-likeness (QED) is 0.820. The van der Waals surface area contributed by atoms with Crippen molar-refractivity contribution in [3.8, 4) is 0 Å². The number of nitrogens with two attached hydrogens (primary N) is 1. The van der Waals surface area contributed by atoms with Crippen molar-refractivity contribution in [2.75, 3.05) is 0 Å². The SMILES string of the molecule is NC(CC1CC1)c1ccc(F)c(Cl)c1. The Balaban J connectivity index is 2.10. The summed E-state index contributed by atoms with van der Waals surface area (Å²) in [5.41, 5.74) is 6.91. The van der Waals surface area contributed by atoms with Gasteiger partial charge in [0.2, 0.25) is 0 Å². The molecule has 0 amide bonds. The van der Waals surface area contributed by atoms with Crippen LogP contribution in [-0.4, -0.2) is 0 Å². The van der Waals surface area contributed by atoms with Crippen LogP contribution in [0.15, 0.2) is 18.2 Å². The van der Waals surface area contributed by atoms with Gasteiger partial charge in [0.05, 0.1) is 5.02 Å². The van der Waals surface area contributed by atoms with Crippen LogP contribution in [0.3, 0.4) is 0 Å². The van der Waals surface area contributed by atoms with E-state index in [2.05, 4.69) is 0 Å². The highest BCUT2D eigenvalue weighted by Gasteiger charge is 2.24. The van der Waals surface area contributed by atoms with Crippen molar-refractivity contribution in [3.05, 3.63) is 34.6 Å². The summed E-state index contributed by atoms with van der Waals surface area (Å²) in [4.78, 5) is 0. The summed E-state index contributed by atoms with van der Waals surface area (Å²) in [7, 11) is 0. The van der Waals surface area contributed by atoms with Gasteiger partial charge >= 0.3 is 0 Å². The first-order valence-corrected chi connectivity index (χ1v) is 5.25. The number of hydrogen-bond donors (Lipinski definition) is 1. The van der Waals surface area contributed by atoms with Crippen LogP contribution in [0.25, 0.3) is 0 Å². The molecule has 1 nitrogen and oxygen atoms in total. The molecule has 0 bridgehead atoms. The molecule has 0 aliphatic heterocycles. The minimum atomic E-state index is -0.381. The summed E-state index contributed by atoms with van der Waals surface area (Å²) >= 11 is 5.68. The molecule has 0 aromatic heterocycles. The molecule has 2 N–H and O–H groups in total. The third-order valence-electron chi connectivity index (χ3n) is 2.66. The molecule has 0 radical (unpaired) electrons. The van der Waals surface area contributed by atoms with Crippen molar-refractivity contribution >= 4 is 11.6 Å². The fourth-order valence-corrected chi connectivity index (χ4v) is 1.78. The third-order valence-corrected chi connectivity index (χ3v) is 2.95. The summed E-state index contributed by atoms with van der Waals surface area (Å²) in [6.07, 6.45) is 3.55. The Morgan fingerprint density at radius 3 is 2.79 bits per heavy atom. The Morgan fingerprint density at radius 1 is 1.50 bits per heavy atom. The zero-order valence-corrected chi connectivity index (χ0v) is 8.60. The van der Waals surface area contributed by atoms with Gasteiger partial charge in [-0.1, -0.05) is 30.5 Å². The highest BCUT2D eigenvalue weighted by molar-refractivity contribution is 6.30. The lowest BCUT2D eigenvalue weighted by Gasteiger charge is -2.11. The molecular weight excluding hydrogens is 201 g/mol. The van der Waals surface area contributed by atoms with Crippen LogP contribution in [0.2, 0.25) is 5.02 Å². The summed E-state index contributed by atoms with van der Waals surface area (Å²) in [5.74, 6) is 0.392. The van der Waals surface area contributed by atoms with Crippen LogP contribution in [-0.2, 0) is 0 Å². The van der Waals surface area contributed by atoms with E-state index in [-0.39, 0.29) is 16.9 Å².